The molecule has 1 amide bonds. The van der Waals surface area contributed by atoms with E-state index < -0.39 is 6.04 Å². The van der Waals surface area contributed by atoms with Crippen molar-refractivity contribution in [2.24, 2.45) is 0 Å². The highest BCUT2D eigenvalue weighted by Gasteiger charge is 2.35. The molecule has 1 saturated heterocycles. The number of rotatable bonds is 3. The van der Waals surface area contributed by atoms with Gasteiger partial charge >= 0.3 is 5.97 Å². The zero-order valence-corrected chi connectivity index (χ0v) is 11.4. The van der Waals surface area contributed by atoms with Gasteiger partial charge in [0.05, 0.1) is 7.11 Å². The number of amides is 1. The molecule has 102 valence electrons. The zero-order valence-electron chi connectivity index (χ0n) is 11.4. The molecule has 1 aliphatic heterocycles. The Labute approximate surface area is 113 Å². The number of hydrogen-bond acceptors (Lipinski definition) is 3. The standard InChI is InChI=1S/C15H19NO3/c1-3-11-6-4-7-12(10-11)14(17)16-9-5-8-13(16)15(18)19-2/h4,6-7,10,13H,3,5,8-9H2,1-2H3. The van der Waals surface area contributed by atoms with Gasteiger partial charge in [-0.1, -0.05) is 19.1 Å². The van der Waals surface area contributed by atoms with Crippen molar-refractivity contribution in [2.45, 2.75) is 32.2 Å². The van der Waals surface area contributed by atoms with Gasteiger partial charge in [0, 0.05) is 12.1 Å². The molecule has 4 heteroatoms. The first-order chi connectivity index (χ1) is 9.17. The lowest BCUT2D eigenvalue weighted by Gasteiger charge is -2.22. The Morgan fingerprint density at radius 1 is 1.42 bits per heavy atom. The fraction of sp³-hybridized carbons (Fsp3) is 0.467. The van der Waals surface area contributed by atoms with Gasteiger partial charge in [-0.25, -0.2) is 4.79 Å². The van der Waals surface area contributed by atoms with E-state index in [9.17, 15) is 9.59 Å². The molecule has 1 aromatic carbocycles. The molecule has 0 aromatic heterocycles. The topological polar surface area (TPSA) is 46.6 Å². The predicted octanol–water partition coefficient (Wildman–Crippen LogP) is 2.03. The molecule has 1 atom stereocenters. The number of methoxy groups -OCH3 is 1. The third-order valence-corrected chi connectivity index (χ3v) is 3.57. The van der Waals surface area contributed by atoms with Crippen LogP contribution < -0.4 is 0 Å². The van der Waals surface area contributed by atoms with Gasteiger partial charge < -0.3 is 9.64 Å². The van der Waals surface area contributed by atoms with E-state index >= 15 is 0 Å². The van der Waals surface area contributed by atoms with E-state index in [-0.39, 0.29) is 11.9 Å². The van der Waals surface area contributed by atoms with E-state index in [2.05, 4.69) is 6.92 Å². The number of aryl methyl sites for hydroxylation is 1. The average molecular weight is 261 g/mol. The fourth-order valence-electron chi connectivity index (χ4n) is 2.48. The van der Waals surface area contributed by atoms with Crippen LogP contribution in [0.25, 0.3) is 0 Å². The summed E-state index contributed by atoms with van der Waals surface area (Å²) in [6, 6.07) is 7.15. The number of nitrogens with zero attached hydrogens (tertiary/aromatic N) is 1. The number of likely N-dealkylation sites (tertiary alicyclic amines) is 1. The zero-order chi connectivity index (χ0) is 13.8. The highest BCUT2D eigenvalue weighted by atomic mass is 16.5. The third kappa shape index (κ3) is 2.78. The van der Waals surface area contributed by atoms with Crippen LogP contribution in [0.15, 0.2) is 24.3 Å². The number of hydrogen-bond donors (Lipinski definition) is 0. The molecule has 1 aromatic rings. The molecular weight excluding hydrogens is 242 g/mol. The first-order valence-electron chi connectivity index (χ1n) is 6.65. The van der Waals surface area contributed by atoms with E-state index in [4.69, 9.17) is 4.74 Å². The van der Waals surface area contributed by atoms with Gasteiger partial charge in [0.25, 0.3) is 5.91 Å². The number of carbonyl (C=O) groups excluding carboxylic acids is 2. The Morgan fingerprint density at radius 3 is 2.89 bits per heavy atom. The van der Waals surface area contributed by atoms with Crippen LogP contribution in [0.3, 0.4) is 0 Å². The smallest absolute Gasteiger partial charge is 0.328 e. The highest BCUT2D eigenvalue weighted by molar-refractivity contribution is 5.97. The van der Waals surface area contributed by atoms with Crippen LogP contribution in [0.4, 0.5) is 0 Å². The highest BCUT2D eigenvalue weighted by Crippen LogP contribution is 2.21. The largest absolute Gasteiger partial charge is 0.467 e. The lowest BCUT2D eigenvalue weighted by Crippen LogP contribution is -2.41. The molecule has 0 aliphatic carbocycles. The Morgan fingerprint density at radius 2 is 2.21 bits per heavy atom. The van der Waals surface area contributed by atoms with E-state index in [1.165, 1.54) is 7.11 Å². The number of ether oxygens (including phenoxy) is 1. The van der Waals surface area contributed by atoms with Crippen molar-refractivity contribution in [1.29, 1.82) is 0 Å². The summed E-state index contributed by atoms with van der Waals surface area (Å²) in [4.78, 5) is 25.8. The van der Waals surface area contributed by atoms with Gasteiger partial charge in [0.1, 0.15) is 6.04 Å². The number of esters is 1. The summed E-state index contributed by atoms with van der Waals surface area (Å²) >= 11 is 0. The van der Waals surface area contributed by atoms with E-state index in [0.29, 0.717) is 18.5 Å². The molecular formula is C15H19NO3. The van der Waals surface area contributed by atoms with Crippen molar-refractivity contribution in [3.8, 4) is 0 Å². The first-order valence-corrected chi connectivity index (χ1v) is 6.65. The van der Waals surface area contributed by atoms with Crippen molar-refractivity contribution in [3.63, 3.8) is 0 Å². The molecule has 1 unspecified atom stereocenters. The van der Waals surface area contributed by atoms with Crippen molar-refractivity contribution in [1.82, 2.24) is 4.90 Å². The van der Waals surface area contributed by atoms with Gasteiger partial charge in [-0.15, -0.1) is 0 Å². The Balaban J connectivity index is 2.20. The van der Waals surface area contributed by atoms with Gasteiger partial charge in [-0.2, -0.15) is 0 Å². The minimum absolute atomic E-state index is 0.0804. The maximum Gasteiger partial charge on any atom is 0.328 e. The molecule has 2 rings (SSSR count). The van der Waals surface area contributed by atoms with E-state index in [0.717, 1.165) is 18.4 Å². The number of benzene rings is 1. The molecule has 0 radical (unpaired) electrons. The minimum Gasteiger partial charge on any atom is -0.467 e. The van der Waals surface area contributed by atoms with Crippen molar-refractivity contribution >= 4 is 11.9 Å². The van der Waals surface area contributed by atoms with E-state index in [1.54, 1.807) is 11.0 Å². The Bertz CT molecular complexity index is 484. The maximum absolute atomic E-state index is 12.5. The predicted molar refractivity (Wildman–Crippen MR) is 71.9 cm³/mol. The average Bonchev–Trinajstić information content (AvgIpc) is 2.95. The summed E-state index contributed by atoms with van der Waals surface area (Å²) < 4.78 is 4.76. The molecule has 1 heterocycles. The summed E-state index contributed by atoms with van der Waals surface area (Å²) in [7, 11) is 1.36. The van der Waals surface area contributed by atoms with Crippen LogP contribution in [-0.4, -0.2) is 36.5 Å². The van der Waals surface area contributed by atoms with Crippen LogP contribution in [-0.2, 0) is 16.0 Å². The lowest BCUT2D eigenvalue weighted by molar-refractivity contribution is -0.145. The van der Waals surface area contributed by atoms with Gasteiger partial charge in [-0.3, -0.25) is 4.79 Å². The summed E-state index contributed by atoms with van der Waals surface area (Å²) in [5.41, 5.74) is 1.77. The lowest BCUT2D eigenvalue weighted by atomic mass is 10.1. The van der Waals surface area contributed by atoms with Crippen LogP contribution in [0, 0.1) is 0 Å². The molecule has 19 heavy (non-hydrogen) atoms. The molecule has 0 bridgehead atoms. The van der Waals surface area contributed by atoms with E-state index in [1.807, 2.05) is 18.2 Å². The second-order valence-corrected chi connectivity index (χ2v) is 4.73. The van der Waals surface area contributed by atoms with Crippen LogP contribution in [0.5, 0.6) is 0 Å². The summed E-state index contributed by atoms with van der Waals surface area (Å²) in [5.74, 6) is -0.402. The first kappa shape index (κ1) is 13.6. The summed E-state index contributed by atoms with van der Waals surface area (Å²) in [5, 5.41) is 0. The molecule has 0 spiro atoms. The molecule has 4 nitrogen and oxygen atoms in total. The monoisotopic (exact) mass is 261 g/mol. The minimum atomic E-state index is -0.428. The van der Waals surface area contributed by atoms with Crippen molar-refractivity contribution < 1.29 is 14.3 Å². The van der Waals surface area contributed by atoms with Gasteiger partial charge in [0.15, 0.2) is 0 Å². The normalized spacial score (nSPS) is 18.4. The number of carbonyl (C=O) groups is 2. The van der Waals surface area contributed by atoms with Crippen molar-refractivity contribution in [2.75, 3.05) is 13.7 Å². The van der Waals surface area contributed by atoms with Crippen LogP contribution >= 0.6 is 0 Å². The second kappa shape index (κ2) is 5.87. The Kier molecular flexibility index (Phi) is 4.20. The van der Waals surface area contributed by atoms with Gasteiger partial charge in [0.2, 0.25) is 0 Å². The summed E-state index contributed by atoms with van der Waals surface area (Å²) in [6.45, 7) is 2.67. The van der Waals surface area contributed by atoms with Crippen LogP contribution in [0.2, 0.25) is 0 Å². The maximum atomic E-state index is 12.5. The molecule has 0 N–H and O–H groups in total. The second-order valence-electron chi connectivity index (χ2n) is 4.73. The summed E-state index contributed by atoms with van der Waals surface area (Å²) in [6.07, 6.45) is 2.42. The molecule has 1 aliphatic rings. The Hall–Kier alpha value is -1.84. The fourth-order valence-corrected chi connectivity index (χ4v) is 2.48. The van der Waals surface area contributed by atoms with Crippen LogP contribution in [0.1, 0.15) is 35.7 Å². The third-order valence-electron chi connectivity index (χ3n) is 3.57. The van der Waals surface area contributed by atoms with Gasteiger partial charge in [-0.05, 0) is 37.0 Å². The molecule has 1 fully saturated rings. The SMILES string of the molecule is CCc1cccc(C(=O)N2CCCC2C(=O)OC)c1. The molecule has 0 saturated carbocycles. The quantitative estimate of drug-likeness (QED) is 0.782. The van der Waals surface area contributed by atoms with Crippen molar-refractivity contribution in [3.05, 3.63) is 35.4 Å².